The van der Waals surface area contributed by atoms with Crippen LogP contribution in [0.1, 0.15) is 31.7 Å². The second-order valence-electron chi connectivity index (χ2n) is 5.12. The van der Waals surface area contributed by atoms with Gasteiger partial charge in [0.2, 0.25) is 0 Å². The number of hydrogen-bond acceptors (Lipinski definition) is 2. The van der Waals surface area contributed by atoms with Crippen LogP contribution in [0.5, 0.6) is 0 Å². The van der Waals surface area contributed by atoms with Gasteiger partial charge in [0.25, 0.3) is 0 Å². The van der Waals surface area contributed by atoms with Crippen LogP contribution in [0.2, 0.25) is 5.02 Å². The van der Waals surface area contributed by atoms with Gasteiger partial charge >= 0.3 is 0 Å². The molecule has 1 aromatic heterocycles. The number of nitrogens with zero attached hydrogens (tertiary/aromatic N) is 2. The minimum absolute atomic E-state index is 0.00992. The van der Waals surface area contributed by atoms with Gasteiger partial charge in [0.05, 0.1) is 22.5 Å². The zero-order valence-electron chi connectivity index (χ0n) is 11.2. The van der Waals surface area contributed by atoms with E-state index < -0.39 is 0 Å². The average Bonchev–Trinajstić information content (AvgIpc) is 2.85. The standard InChI is InChI=1S/C13H20Cl2N2O/c1-4-10-12(15)11(17(3)16-10)7-13(8-14)5-6-18-9(13)2/h9H,4-8H2,1-3H3. The first-order chi connectivity index (χ1) is 8.54. The summed E-state index contributed by atoms with van der Waals surface area (Å²) < 4.78 is 7.58. The molecule has 0 saturated carbocycles. The van der Waals surface area contributed by atoms with Gasteiger partial charge in [0.1, 0.15) is 0 Å². The summed E-state index contributed by atoms with van der Waals surface area (Å²) in [5, 5.41) is 5.26. The quantitative estimate of drug-likeness (QED) is 0.796. The Kier molecular flexibility index (Phi) is 4.25. The van der Waals surface area contributed by atoms with Crippen molar-refractivity contribution in [3.63, 3.8) is 0 Å². The Balaban J connectivity index is 2.30. The predicted molar refractivity (Wildman–Crippen MR) is 74.5 cm³/mol. The molecule has 1 aliphatic rings. The second kappa shape index (κ2) is 5.40. The molecule has 0 bridgehead atoms. The van der Waals surface area contributed by atoms with Crippen molar-refractivity contribution < 1.29 is 4.74 Å². The van der Waals surface area contributed by atoms with E-state index in [1.807, 2.05) is 11.7 Å². The maximum Gasteiger partial charge on any atom is 0.0849 e. The lowest BCUT2D eigenvalue weighted by Crippen LogP contribution is -2.34. The Bertz CT molecular complexity index is 433. The van der Waals surface area contributed by atoms with Crippen LogP contribution >= 0.6 is 23.2 Å². The molecule has 1 aliphatic heterocycles. The monoisotopic (exact) mass is 290 g/mol. The number of hydrogen-bond donors (Lipinski definition) is 0. The van der Waals surface area contributed by atoms with Crippen LogP contribution in [-0.4, -0.2) is 28.4 Å². The summed E-state index contributed by atoms with van der Waals surface area (Å²) in [6, 6.07) is 0. The zero-order chi connectivity index (χ0) is 13.3. The molecule has 0 radical (unpaired) electrons. The highest BCUT2D eigenvalue weighted by Gasteiger charge is 2.42. The first kappa shape index (κ1) is 14.2. The third-order valence-electron chi connectivity index (χ3n) is 4.12. The largest absolute Gasteiger partial charge is 0.378 e. The van der Waals surface area contributed by atoms with E-state index in [0.29, 0.717) is 5.88 Å². The Labute approximate surface area is 118 Å². The van der Waals surface area contributed by atoms with Gasteiger partial charge in [-0.25, -0.2) is 0 Å². The van der Waals surface area contributed by atoms with E-state index >= 15 is 0 Å². The van der Waals surface area contributed by atoms with Gasteiger partial charge in [-0.3, -0.25) is 4.68 Å². The van der Waals surface area contributed by atoms with Crippen LogP contribution < -0.4 is 0 Å². The van der Waals surface area contributed by atoms with E-state index in [4.69, 9.17) is 27.9 Å². The van der Waals surface area contributed by atoms with Gasteiger partial charge in [-0.05, 0) is 19.8 Å². The fourth-order valence-corrected chi connectivity index (χ4v) is 3.43. The van der Waals surface area contributed by atoms with E-state index in [-0.39, 0.29) is 11.5 Å². The fraction of sp³-hybridized carbons (Fsp3) is 0.769. The van der Waals surface area contributed by atoms with Crippen molar-refractivity contribution in [3.05, 3.63) is 16.4 Å². The van der Waals surface area contributed by atoms with E-state index in [1.54, 1.807) is 0 Å². The van der Waals surface area contributed by atoms with Crippen LogP contribution in [0.4, 0.5) is 0 Å². The molecular formula is C13H20Cl2N2O. The molecule has 2 rings (SSSR count). The molecule has 0 aromatic carbocycles. The van der Waals surface area contributed by atoms with Crippen molar-refractivity contribution in [1.82, 2.24) is 9.78 Å². The Morgan fingerprint density at radius 1 is 1.56 bits per heavy atom. The van der Waals surface area contributed by atoms with E-state index in [2.05, 4.69) is 18.9 Å². The van der Waals surface area contributed by atoms with Crippen molar-refractivity contribution in [2.45, 2.75) is 39.2 Å². The lowest BCUT2D eigenvalue weighted by Gasteiger charge is -2.30. The fourth-order valence-electron chi connectivity index (χ4n) is 2.62. The highest BCUT2D eigenvalue weighted by Crippen LogP contribution is 2.40. The number of rotatable bonds is 4. The lowest BCUT2D eigenvalue weighted by atomic mass is 9.79. The zero-order valence-corrected chi connectivity index (χ0v) is 12.7. The third kappa shape index (κ3) is 2.28. The van der Waals surface area contributed by atoms with Crippen molar-refractivity contribution in [2.24, 2.45) is 12.5 Å². The highest BCUT2D eigenvalue weighted by atomic mass is 35.5. The second-order valence-corrected chi connectivity index (χ2v) is 5.77. The molecule has 2 heterocycles. The third-order valence-corrected chi connectivity index (χ3v) is 5.09. The van der Waals surface area contributed by atoms with E-state index in [1.165, 1.54) is 0 Å². The van der Waals surface area contributed by atoms with E-state index in [9.17, 15) is 0 Å². The molecule has 0 amide bonds. The average molecular weight is 291 g/mol. The minimum atomic E-state index is -0.00992. The molecule has 0 aliphatic carbocycles. The van der Waals surface area contributed by atoms with Crippen LogP contribution in [0.15, 0.2) is 0 Å². The number of aromatic nitrogens is 2. The Morgan fingerprint density at radius 2 is 2.28 bits per heavy atom. The highest BCUT2D eigenvalue weighted by molar-refractivity contribution is 6.31. The number of halogens is 2. The molecular weight excluding hydrogens is 271 g/mol. The van der Waals surface area contributed by atoms with Crippen molar-refractivity contribution in [2.75, 3.05) is 12.5 Å². The molecule has 1 saturated heterocycles. The lowest BCUT2D eigenvalue weighted by molar-refractivity contribution is 0.0727. The molecule has 5 heteroatoms. The first-order valence-corrected chi connectivity index (χ1v) is 7.33. The van der Waals surface area contributed by atoms with Crippen LogP contribution in [0.3, 0.4) is 0 Å². The summed E-state index contributed by atoms with van der Waals surface area (Å²) in [5.41, 5.74) is 2.03. The Morgan fingerprint density at radius 3 is 2.72 bits per heavy atom. The molecule has 1 fully saturated rings. The van der Waals surface area contributed by atoms with Crippen LogP contribution in [0.25, 0.3) is 0 Å². The maximum atomic E-state index is 6.41. The summed E-state index contributed by atoms with van der Waals surface area (Å²) in [5.74, 6) is 0.594. The topological polar surface area (TPSA) is 27.1 Å². The first-order valence-electron chi connectivity index (χ1n) is 6.42. The SMILES string of the molecule is CCc1nn(C)c(CC2(CCl)CCOC2C)c1Cl. The van der Waals surface area contributed by atoms with Gasteiger partial charge in [0.15, 0.2) is 0 Å². The molecule has 102 valence electrons. The van der Waals surface area contributed by atoms with Gasteiger partial charge in [-0.1, -0.05) is 18.5 Å². The van der Waals surface area contributed by atoms with Crippen LogP contribution in [0, 0.1) is 5.41 Å². The molecule has 2 unspecified atom stereocenters. The molecule has 0 N–H and O–H groups in total. The van der Waals surface area contributed by atoms with Crippen molar-refractivity contribution in [1.29, 1.82) is 0 Å². The summed E-state index contributed by atoms with van der Waals surface area (Å²) in [7, 11) is 1.95. The van der Waals surface area contributed by atoms with Crippen LogP contribution in [-0.2, 0) is 24.6 Å². The maximum absolute atomic E-state index is 6.41. The summed E-state index contributed by atoms with van der Waals surface area (Å²) in [6.45, 7) is 4.95. The normalized spacial score (nSPS) is 27.9. The van der Waals surface area contributed by atoms with Gasteiger partial charge in [-0.2, -0.15) is 5.10 Å². The summed E-state index contributed by atoms with van der Waals surface area (Å²) >= 11 is 12.6. The van der Waals surface area contributed by atoms with Crippen molar-refractivity contribution in [3.8, 4) is 0 Å². The molecule has 2 atom stereocenters. The number of ether oxygens (including phenoxy) is 1. The summed E-state index contributed by atoms with van der Waals surface area (Å²) in [6.07, 6.45) is 2.85. The summed E-state index contributed by atoms with van der Waals surface area (Å²) in [4.78, 5) is 0. The predicted octanol–water partition coefficient (Wildman–Crippen LogP) is 3.21. The van der Waals surface area contributed by atoms with Gasteiger partial charge in [-0.15, -0.1) is 11.6 Å². The molecule has 3 nitrogen and oxygen atoms in total. The van der Waals surface area contributed by atoms with Gasteiger partial charge in [0, 0.05) is 31.4 Å². The minimum Gasteiger partial charge on any atom is -0.378 e. The van der Waals surface area contributed by atoms with Gasteiger partial charge < -0.3 is 4.74 Å². The van der Waals surface area contributed by atoms with E-state index in [0.717, 1.165) is 42.3 Å². The number of alkyl halides is 1. The number of aryl methyl sites for hydroxylation is 2. The smallest absolute Gasteiger partial charge is 0.0849 e. The Hall–Kier alpha value is -0.250. The molecule has 1 aromatic rings. The molecule has 18 heavy (non-hydrogen) atoms. The molecule has 0 spiro atoms. The van der Waals surface area contributed by atoms with Crippen molar-refractivity contribution >= 4 is 23.2 Å².